The fourth-order valence-electron chi connectivity index (χ4n) is 4.86. The van der Waals surface area contributed by atoms with Gasteiger partial charge in [-0.05, 0) is 42.7 Å². The third-order valence-corrected chi connectivity index (χ3v) is 6.79. The molecule has 1 heterocycles. The number of anilines is 2. The molecule has 2 fully saturated rings. The molecule has 4 rings (SSSR count). The van der Waals surface area contributed by atoms with Crippen molar-refractivity contribution in [1.29, 1.82) is 0 Å². The van der Waals surface area contributed by atoms with E-state index in [2.05, 4.69) is 62.9 Å². The molecule has 2 N–H and O–H groups in total. The summed E-state index contributed by atoms with van der Waals surface area (Å²) in [5.74, 6) is 0.0503. The first-order valence-electron chi connectivity index (χ1n) is 12.4. The number of rotatable bonds is 7. The Balaban J connectivity index is 1.19. The van der Waals surface area contributed by atoms with E-state index in [-0.39, 0.29) is 5.91 Å². The lowest BCUT2D eigenvalue weighted by Crippen LogP contribution is -2.45. The molecule has 5 heteroatoms. The number of benzene rings is 2. The smallest absolute Gasteiger partial charge is 0.238 e. The maximum absolute atomic E-state index is 12.4. The third-order valence-electron chi connectivity index (χ3n) is 6.79. The lowest BCUT2D eigenvalue weighted by Gasteiger charge is -2.36. The number of hydrogen-bond acceptors (Lipinski definition) is 4. The van der Waals surface area contributed by atoms with Crippen LogP contribution in [0.25, 0.3) is 0 Å². The minimum atomic E-state index is 0.0503. The van der Waals surface area contributed by atoms with Gasteiger partial charge in [0.15, 0.2) is 0 Å². The number of piperazine rings is 1. The molecule has 2 aliphatic rings. The molecule has 1 aliphatic heterocycles. The highest BCUT2D eigenvalue weighted by molar-refractivity contribution is 5.92. The number of nitrogens with one attached hydrogen (secondary N) is 2. The van der Waals surface area contributed by atoms with Crippen molar-refractivity contribution in [3.05, 3.63) is 60.2 Å². The summed E-state index contributed by atoms with van der Waals surface area (Å²) in [4.78, 5) is 17.3. The highest BCUT2D eigenvalue weighted by atomic mass is 16.1. The zero-order valence-corrected chi connectivity index (χ0v) is 19.3. The Hall–Kier alpha value is -2.37. The van der Waals surface area contributed by atoms with E-state index in [1.165, 1.54) is 56.2 Å². The Labute approximate surface area is 193 Å². The summed E-state index contributed by atoms with van der Waals surface area (Å²) in [5, 5.41) is 6.51. The summed E-state index contributed by atoms with van der Waals surface area (Å²) >= 11 is 0. The summed E-state index contributed by atoms with van der Waals surface area (Å²) < 4.78 is 0. The zero-order valence-electron chi connectivity index (χ0n) is 19.3. The van der Waals surface area contributed by atoms with Crippen LogP contribution in [0, 0.1) is 0 Å². The van der Waals surface area contributed by atoms with E-state index < -0.39 is 0 Å². The van der Waals surface area contributed by atoms with Gasteiger partial charge in [0.1, 0.15) is 0 Å². The highest BCUT2D eigenvalue weighted by Crippen LogP contribution is 2.20. The van der Waals surface area contributed by atoms with E-state index in [0.717, 1.165) is 38.4 Å². The van der Waals surface area contributed by atoms with Crippen LogP contribution in [0.4, 0.5) is 11.4 Å². The highest BCUT2D eigenvalue weighted by Gasteiger charge is 2.17. The van der Waals surface area contributed by atoms with Crippen molar-refractivity contribution in [3.63, 3.8) is 0 Å². The average molecular weight is 435 g/mol. The summed E-state index contributed by atoms with van der Waals surface area (Å²) in [6.45, 7) is 5.62. The molecule has 0 radical (unpaired) electrons. The van der Waals surface area contributed by atoms with Gasteiger partial charge >= 0.3 is 0 Å². The minimum absolute atomic E-state index is 0.0503. The summed E-state index contributed by atoms with van der Waals surface area (Å²) in [7, 11) is 0. The minimum Gasteiger partial charge on any atom is -0.369 e. The quantitative estimate of drug-likeness (QED) is 0.666. The van der Waals surface area contributed by atoms with Crippen LogP contribution in [0.1, 0.15) is 50.5 Å². The average Bonchev–Trinajstić information content (AvgIpc) is 2.80. The van der Waals surface area contributed by atoms with Crippen molar-refractivity contribution < 1.29 is 4.79 Å². The van der Waals surface area contributed by atoms with Gasteiger partial charge in [-0.3, -0.25) is 9.69 Å². The maximum atomic E-state index is 12.4. The SMILES string of the molecule is O=C(CNC1CCCCCCC1)Nc1ccc(N2CCN(Cc3ccccc3)CC2)cc1. The number of hydrogen-bond donors (Lipinski definition) is 2. The molecule has 0 unspecified atom stereocenters. The van der Waals surface area contributed by atoms with Crippen molar-refractivity contribution in [1.82, 2.24) is 10.2 Å². The molecule has 2 aromatic rings. The first-order chi connectivity index (χ1) is 15.8. The predicted octanol–water partition coefficient (Wildman–Crippen LogP) is 4.65. The molecule has 0 spiro atoms. The lowest BCUT2D eigenvalue weighted by atomic mass is 9.97. The molecule has 5 nitrogen and oxygen atoms in total. The normalized spacial score (nSPS) is 18.7. The van der Waals surface area contributed by atoms with E-state index in [1.807, 2.05) is 12.1 Å². The van der Waals surface area contributed by atoms with E-state index in [4.69, 9.17) is 0 Å². The second-order valence-corrected chi connectivity index (χ2v) is 9.27. The van der Waals surface area contributed by atoms with Gasteiger partial charge in [0.25, 0.3) is 0 Å². The van der Waals surface area contributed by atoms with Crippen molar-refractivity contribution in [2.45, 2.75) is 57.5 Å². The summed E-state index contributed by atoms with van der Waals surface area (Å²) in [6.07, 6.45) is 8.98. The Morgan fingerprint density at radius 1 is 0.812 bits per heavy atom. The van der Waals surface area contributed by atoms with Crippen molar-refractivity contribution in [2.75, 3.05) is 42.9 Å². The van der Waals surface area contributed by atoms with Gasteiger partial charge in [0, 0.05) is 50.1 Å². The van der Waals surface area contributed by atoms with Crippen molar-refractivity contribution >= 4 is 17.3 Å². The maximum Gasteiger partial charge on any atom is 0.238 e. The molecular formula is C27H38N4O. The van der Waals surface area contributed by atoms with Crippen LogP contribution < -0.4 is 15.5 Å². The Morgan fingerprint density at radius 3 is 2.16 bits per heavy atom. The fourth-order valence-corrected chi connectivity index (χ4v) is 4.86. The van der Waals surface area contributed by atoms with Crippen LogP contribution in [0.5, 0.6) is 0 Å². The topological polar surface area (TPSA) is 47.6 Å². The van der Waals surface area contributed by atoms with Gasteiger partial charge in [0.2, 0.25) is 5.91 Å². The number of carbonyl (C=O) groups excluding carboxylic acids is 1. The molecule has 0 bridgehead atoms. The molecule has 1 saturated heterocycles. The zero-order chi connectivity index (χ0) is 22.0. The molecule has 1 saturated carbocycles. The largest absolute Gasteiger partial charge is 0.369 e. The summed E-state index contributed by atoms with van der Waals surface area (Å²) in [5.41, 5.74) is 3.49. The van der Waals surface area contributed by atoms with Crippen LogP contribution in [0.3, 0.4) is 0 Å². The molecule has 0 atom stereocenters. The van der Waals surface area contributed by atoms with Gasteiger partial charge in [0.05, 0.1) is 6.54 Å². The number of amides is 1. The molecule has 172 valence electrons. The second-order valence-electron chi connectivity index (χ2n) is 9.27. The van der Waals surface area contributed by atoms with Gasteiger partial charge < -0.3 is 15.5 Å². The van der Waals surface area contributed by atoms with Crippen LogP contribution in [-0.4, -0.2) is 49.6 Å². The van der Waals surface area contributed by atoms with E-state index >= 15 is 0 Å². The van der Waals surface area contributed by atoms with Crippen molar-refractivity contribution in [3.8, 4) is 0 Å². The van der Waals surface area contributed by atoms with Crippen LogP contribution >= 0.6 is 0 Å². The molecule has 1 aliphatic carbocycles. The molecule has 32 heavy (non-hydrogen) atoms. The Kier molecular flexibility index (Phi) is 8.57. The van der Waals surface area contributed by atoms with Gasteiger partial charge in [-0.15, -0.1) is 0 Å². The fraction of sp³-hybridized carbons (Fsp3) is 0.519. The number of carbonyl (C=O) groups is 1. The monoisotopic (exact) mass is 434 g/mol. The van der Waals surface area contributed by atoms with Crippen molar-refractivity contribution in [2.24, 2.45) is 0 Å². The second kappa shape index (κ2) is 12.0. The van der Waals surface area contributed by atoms with Crippen LogP contribution in [-0.2, 0) is 11.3 Å². The Morgan fingerprint density at radius 2 is 1.47 bits per heavy atom. The van der Waals surface area contributed by atoms with E-state index in [9.17, 15) is 4.79 Å². The van der Waals surface area contributed by atoms with Crippen LogP contribution in [0.2, 0.25) is 0 Å². The number of nitrogens with zero attached hydrogens (tertiary/aromatic N) is 2. The first-order valence-corrected chi connectivity index (χ1v) is 12.4. The molecule has 1 amide bonds. The molecule has 2 aromatic carbocycles. The van der Waals surface area contributed by atoms with E-state index in [0.29, 0.717) is 12.6 Å². The summed E-state index contributed by atoms with van der Waals surface area (Å²) in [6, 6.07) is 19.5. The first kappa shape index (κ1) is 22.8. The Bertz CT molecular complexity index is 807. The lowest BCUT2D eigenvalue weighted by molar-refractivity contribution is -0.115. The van der Waals surface area contributed by atoms with Crippen LogP contribution in [0.15, 0.2) is 54.6 Å². The standard InChI is InChI=1S/C27H38N4O/c32-27(21-28-24-11-7-2-1-3-8-12-24)29-25-13-15-26(16-14-25)31-19-17-30(18-20-31)22-23-9-5-4-6-10-23/h4-6,9-10,13-16,24,28H,1-3,7-8,11-12,17-22H2,(H,29,32). The molecule has 0 aromatic heterocycles. The van der Waals surface area contributed by atoms with Gasteiger partial charge in [-0.25, -0.2) is 0 Å². The van der Waals surface area contributed by atoms with Gasteiger partial charge in [-0.2, -0.15) is 0 Å². The molecular weight excluding hydrogens is 396 g/mol. The van der Waals surface area contributed by atoms with E-state index in [1.54, 1.807) is 0 Å². The predicted molar refractivity (Wildman–Crippen MR) is 133 cm³/mol. The van der Waals surface area contributed by atoms with Gasteiger partial charge in [-0.1, -0.05) is 62.4 Å². The third kappa shape index (κ3) is 7.07.